The molecule has 1 rings (SSSR count). The third-order valence-corrected chi connectivity index (χ3v) is 1.97. The smallest absolute Gasteiger partial charge is 0.379 e. The third-order valence-electron chi connectivity index (χ3n) is 1.97. The molecule has 1 N–H and O–H groups in total. The van der Waals surface area contributed by atoms with Gasteiger partial charge in [0, 0.05) is 13.1 Å². The van der Waals surface area contributed by atoms with Gasteiger partial charge in [-0.05, 0) is 13.5 Å². The Bertz CT molecular complexity index is 158. The molecule has 1 fully saturated rings. The van der Waals surface area contributed by atoms with Crippen molar-refractivity contribution in [3.8, 4) is 0 Å². The Morgan fingerprint density at radius 3 is 2.18 bits per heavy atom. The van der Waals surface area contributed by atoms with E-state index >= 15 is 0 Å². The van der Waals surface area contributed by atoms with E-state index in [-0.39, 0.29) is 13.0 Å². The monoisotopic (exact) mass is 169 g/mol. The minimum Gasteiger partial charge on any atom is -0.379 e. The fourth-order valence-corrected chi connectivity index (χ4v) is 1.21. The van der Waals surface area contributed by atoms with Gasteiger partial charge >= 0.3 is 6.18 Å². The predicted octanol–water partition coefficient (Wildman–Crippen LogP) is 0.615. The maximum atomic E-state index is 12.0. The zero-order chi connectivity index (χ0) is 8.70. The summed E-state index contributed by atoms with van der Waals surface area (Å²) in [6, 6.07) is 0. The molecule has 0 aromatic carbocycles. The van der Waals surface area contributed by atoms with Crippen LogP contribution in [-0.2, 0) is 0 Å². The van der Waals surface area contributed by atoms with E-state index < -0.39 is 11.8 Å². The van der Waals surface area contributed by atoms with E-state index in [0.29, 0.717) is 6.54 Å². The lowest BCUT2D eigenvalue weighted by Gasteiger charge is -2.25. The van der Waals surface area contributed by atoms with Crippen molar-refractivity contribution in [2.75, 3.05) is 20.1 Å². The molecule has 1 atom stereocenters. The lowest BCUT2D eigenvalue weighted by Crippen LogP contribution is -2.46. The summed E-state index contributed by atoms with van der Waals surface area (Å²) in [7, 11) is 1.56. The number of aliphatic hydroxyl groups is 1. The van der Waals surface area contributed by atoms with Crippen molar-refractivity contribution in [2.24, 2.45) is 0 Å². The standard InChI is InChI=1S/C6H10F3NO/c1-10-3-2-5(11,4-10)6(7,8)9/h11H,2-4H2,1H3/t5-/m0/s1. The van der Waals surface area contributed by atoms with Gasteiger partial charge in [0.1, 0.15) is 0 Å². The highest BCUT2D eigenvalue weighted by molar-refractivity contribution is 4.94. The van der Waals surface area contributed by atoms with Crippen LogP contribution in [0.1, 0.15) is 6.42 Å². The van der Waals surface area contributed by atoms with Gasteiger partial charge in [0.25, 0.3) is 0 Å². The topological polar surface area (TPSA) is 23.5 Å². The average molecular weight is 169 g/mol. The van der Waals surface area contributed by atoms with Gasteiger partial charge in [0.15, 0.2) is 5.60 Å². The Hall–Kier alpha value is -0.290. The van der Waals surface area contributed by atoms with Crippen molar-refractivity contribution in [2.45, 2.75) is 18.2 Å². The molecule has 0 radical (unpaired) electrons. The second-order valence-corrected chi connectivity index (χ2v) is 3.02. The van der Waals surface area contributed by atoms with Crippen LogP contribution in [0, 0.1) is 0 Å². The fourth-order valence-electron chi connectivity index (χ4n) is 1.21. The Balaban J connectivity index is 2.69. The van der Waals surface area contributed by atoms with Crippen LogP contribution in [0.15, 0.2) is 0 Å². The normalized spacial score (nSPS) is 34.6. The highest BCUT2D eigenvalue weighted by atomic mass is 19.4. The predicted molar refractivity (Wildman–Crippen MR) is 33.1 cm³/mol. The summed E-state index contributed by atoms with van der Waals surface area (Å²) in [6.07, 6.45) is -4.70. The van der Waals surface area contributed by atoms with Crippen molar-refractivity contribution in [3.63, 3.8) is 0 Å². The van der Waals surface area contributed by atoms with Crippen molar-refractivity contribution >= 4 is 0 Å². The Labute approximate surface area is 62.6 Å². The molecule has 2 nitrogen and oxygen atoms in total. The quantitative estimate of drug-likeness (QED) is 0.574. The molecule has 66 valence electrons. The molecule has 0 spiro atoms. The van der Waals surface area contributed by atoms with Gasteiger partial charge in [0.2, 0.25) is 0 Å². The Morgan fingerprint density at radius 2 is 2.00 bits per heavy atom. The Kier molecular flexibility index (Phi) is 1.88. The number of nitrogens with zero attached hydrogens (tertiary/aromatic N) is 1. The van der Waals surface area contributed by atoms with Crippen molar-refractivity contribution in [1.82, 2.24) is 4.90 Å². The number of hydrogen-bond acceptors (Lipinski definition) is 2. The summed E-state index contributed by atoms with van der Waals surface area (Å²) in [5, 5.41) is 9.03. The molecule has 0 aromatic heterocycles. The van der Waals surface area contributed by atoms with E-state index in [1.54, 1.807) is 7.05 Å². The van der Waals surface area contributed by atoms with E-state index in [4.69, 9.17) is 5.11 Å². The minimum absolute atomic E-state index is 0.215. The number of likely N-dealkylation sites (tertiary alicyclic amines) is 1. The average Bonchev–Trinajstić information content (AvgIpc) is 2.10. The highest BCUT2D eigenvalue weighted by Crippen LogP contribution is 2.36. The number of hydrogen-bond donors (Lipinski definition) is 1. The van der Waals surface area contributed by atoms with E-state index in [1.807, 2.05) is 0 Å². The SMILES string of the molecule is CN1CC[C@@](O)(C(F)(F)F)C1. The molecule has 5 heteroatoms. The molecule has 0 amide bonds. The van der Waals surface area contributed by atoms with Gasteiger partial charge in [-0.3, -0.25) is 0 Å². The van der Waals surface area contributed by atoms with Gasteiger partial charge in [-0.25, -0.2) is 0 Å². The van der Waals surface area contributed by atoms with E-state index in [1.165, 1.54) is 4.90 Å². The summed E-state index contributed by atoms with van der Waals surface area (Å²) in [6.45, 7) is -0.00743. The largest absolute Gasteiger partial charge is 0.418 e. The third kappa shape index (κ3) is 1.49. The zero-order valence-electron chi connectivity index (χ0n) is 6.15. The van der Waals surface area contributed by atoms with Crippen LogP contribution in [0.2, 0.25) is 0 Å². The van der Waals surface area contributed by atoms with Crippen LogP contribution < -0.4 is 0 Å². The first-order valence-corrected chi connectivity index (χ1v) is 3.33. The van der Waals surface area contributed by atoms with Crippen LogP contribution >= 0.6 is 0 Å². The van der Waals surface area contributed by atoms with Gasteiger partial charge in [0.05, 0.1) is 0 Å². The van der Waals surface area contributed by atoms with Crippen LogP contribution in [0.5, 0.6) is 0 Å². The molecule has 0 saturated carbocycles. The Morgan fingerprint density at radius 1 is 1.45 bits per heavy atom. The molecular formula is C6H10F3NO. The zero-order valence-corrected chi connectivity index (χ0v) is 6.15. The van der Waals surface area contributed by atoms with Crippen molar-refractivity contribution in [1.29, 1.82) is 0 Å². The van der Waals surface area contributed by atoms with Crippen LogP contribution in [-0.4, -0.2) is 41.9 Å². The van der Waals surface area contributed by atoms with Gasteiger partial charge in [-0.2, -0.15) is 13.2 Å². The fraction of sp³-hybridized carbons (Fsp3) is 1.00. The lowest BCUT2D eigenvalue weighted by molar-refractivity contribution is -0.253. The lowest BCUT2D eigenvalue weighted by atomic mass is 10.0. The van der Waals surface area contributed by atoms with Crippen LogP contribution in [0.25, 0.3) is 0 Å². The number of alkyl halides is 3. The summed E-state index contributed by atoms with van der Waals surface area (Å²) < 4.78 is 36.1. The highest BCUT2D eigenvalue weighted by Gasteiger charge is 2.56. The summed E-state index contributed by atoms with van der Waals surface area (Å²) in [4.78, 5) is 1.47. The van der Waals surface area contributed by atoms with E-state index in [0.717, 1.165) is 0 Å². The first kappa shape index (κ1) is 8.80. The second-order valence-electron chi connectivity index (χ2n) is 3.02. The molecule has 1 heterocycles. The molecular weight excluding hydrogens is 159 g/mol. The molecule has 1 aliphatic rings. The van der Waals surface area contributed by atoms with E-state index in [9.17, 15) is 13.2 Å². The molecule has 0 unspecified atom stereocenters. The number of β-amino-alcohol motifs (C(OH)–C–C–N with tert-alkyl or cyclic N) is 1. The van der Waals surface area contributed by atoms with Gasteiger partial charge in [-0.1, -0.05) is 0 Å². The number of halogens is 3. The molecule has 11 heavy (non-hydrogen) atoms. The van der Waals surface area contributed by atoms with Crippen LogP contribution in [0.3, 0.4) is 0 Å². The molecule has 1 saturated heterocycles. The second kappa shape index (κ2) is 2.35. The maximum absolute atomic E-state index is 12.0. The van der Waals surface area contributed by atoms with Crippen molar-refractivity contribution in [3.05, 3.63) is 0 Å². The summed E-state index contributed by atoms with van der Waals surface area (Å²) in [5.41, 5.74) is -2.47. The molecule has 0 aliphatic carbocycles. The molecule has 0 bridgehead atoms. The maximum Gasteiger partial charge on any atom is 0.418 e. The van der Waals surface area contributed by atoms with Crippen molar-refractivity contribution < 1.29 is 18.3 Å². The number of rotatable bonds is 0. The summed E-state index contributed by atoms with van der Waals surface area (Å²) >= 11 is 0. The molecule has 1 aliphatic heterocycles. The minimum atomic E-state index is -4.49. The summed E-state index contributed by atoms with van der Waals surface area (Å²) in [5.74, 6) is 0. The first-order valence-electron chi connectivity index (χ1n) is 3.33. The van der Waals surface area contributed by atoms with Crippen LogP contribution in [0.4, 0.5) is 13.2 Å². The van der Waals surface area contributed by atoms with E-state index in [2.05, 4.69) is 0 Å². The first-order chi connectivity index (χ1) is 4.85. The molecule has 0 aromatic rings. The van der Waals surface area contributed by atoms with Gasteiger partial charge in [-0.15, -0.1) is 0 Å². The number of likely N-dealkylation sites (N-methyl/N-ethyl adjacent to an activating group) is 1. The van der Waals surface area contributed by atoms with Gasteiger partial charge < -0.3 is 10.0 Å².